The fourth-order valence-electron chi connectivity index (χ4n) is 2.47. The van der Waals surface area contributed by atoms with Crippen molar-refractivity contribution < 1.29 is 5.11 Å². The number of rotatable bonds is 6. The molecule has 2 rings (SSSR count). The normalized spacial score (nSPS) is 17.8. The molecule has 3 N–H and O–H groups in total. The Balaban J connectivity index is 1.83. The monoisotopic (exact) mass is 248 g/mol. The Morgan fingerprint density at radius 1 is 1.33 bits per heavy atom. The van der Waals surface area contributed by atoms with Gasteiger partial charge in [0.05, 0.1) is 6.10 Å². The SMILES string of the molecule is CN(CC1CCC1)CC(O)c1ccc(CN)cc1. The zero-order chi connectivity index (χ0) is 13.0. The number of aliphatic hydroxyl groups is 1. The summed E-state index contributed by atoms with van der Waals surface area (Å²) in [4.78, 5) is 2.24. The zero-order valence-electron chi connectivity index (χ0n) is 11.2. The summed E-state index contributed by atoms with van der Waals surface area (Å²) in [6.07, 6.45) is 3.68. The summed E-state index contributed by atoms with van der Waals surface area (Å²) in [7, 11) is 2.09. The van der Waals surface area contributed by atoms with Crippen molar-refractivity contribution in [3.05, 3.63) is 35.4 Å². The zero-order valence-corrected chi connectivity index (χ0v) is 11.2. The van der Waals surface area contributed by atoms with Crippen LogP contribution in [0.25, 0.3) is 0 Å². The van der Waals surface area contributed by atoms with Crippen molar-refractivity contribution in [2.24, 2.45) is 11.7 Å². The predicted octanol–water partition coefficient (Wildman–Crippen LogP) is 1.91. The summed E-state index contributed by atoms with van der Waals surface area (Å²) in [6.45, 7) is 2.37. The van der Waals surface area contributed by atoms with Crippen molar-refractivity contribution in [2.75, 3.05) is 20.1 Å². The number of likely N-dealkylation sites (N-methyl/N-ethyl adjacent to an activating group) is 1. The van der Waals surface area contributed by atoms with E-state index < -0.39 is 6.10 Å². The lowest BCUT2D eigenvalue weighted by Crippen LogP contribution is -2.32. The quantitative estimate of drug-likeness (QED) is 0.808. The molecule has 0 saturated heterocycles. The van der Waals surface area contributed by atoms with Gasteiger partial charge in [-0.05, 0) is 36.9 Å². The second kappa shape index (κ2) is 6.32. The minimum absolute atomic E-state index is 0.401. The Bertz CT molecular complexity index is 359. The van der Waals surface area contributed by atoms with Crippen LogP contribution in [-0.4, -0.2) is 30.1 Å². The van der Waals surface area contributed by atoms with Gasteiger partial charge in [0.25, 0.3) is 0 Å². The van der Waals surface area contributed by atoms with E-state index in [0.29, 0.717) is 13.1 Å². The molecule has 1 fully saturated rings. The summed E-state index contributed by atoms with van der Waals surface area (Å²) < 4.78 is 0. The van der Waals surface area contributed by atoms with Gasteiger partial charge < -0.3 is 15.7 Å². The van der Waals surface area contributed by atoms with Crippen LogP contribution >= 0.6 is 0 Å². The van der Waals surface area contributed by atoms with Crippen LogP contribution in [0.15, 0.2) is 24.3 Å². The van der Waals surface area contributed by atoms with Crippen molar-refractivity contribution in [3.8, 4) is 0 Å². The lowest BCUT2D eigenvalue weighted by Gasteiger charge is -2.31. The van der Waals surface area contributed by atoms with Crippen molar-refractivity contribution in [1.29, 1.82) is 0 Å². The van der Waals surface area contributed by atoms with Gasteiger partial charge in [0.2, 0.25) is 0 Å². The first-order chi connectivity index (χ1) is 8.69. The molecule has 1 aliphatic carbocycles. The molecule has 3 heteroatoms. The van der Waals surface area contributed by atoms with E-state index >= 15 is 0 Å². The minimum atomic E-state index is -0.401. The van der Waals surface area contributed by atoms with E-state index in [0.717, 1.165) is 23.6 Å². The maximum atomic E-state index is 10.2. The van der Waals surface area contributed by atoms with Crippen molar-refractivity contribution >= 4 is 0 Å². The Morgan fingerprint density at radius 2 is 2.00 bits per heavy atom. The van der Waals surface area contributed by atoms with Crippen LogP contribution < -0.4 is 5.73 Å². The van der Waals surface area contributed by atoms with Crippen LogP contribution in [-0.2, 0) is 6.54 Å². The van der Waals surface area contributed by atoms with E-state index in [1.165, 1.54) is 19.3 Å². The maximum Gasteiger partial charge on any atom is 0.0916 e. The average molecular weight is 248 g/mol. The van der Waals surface area contributed by atoms with Gasteiger partial charge >= 0.3 is 0 Å². The number of benzene rings is 1. The van der Waals surface area contributed by atoms with E-state index in [2.05, 4.69) is 11.9 Å². The van der Waals surface area contributed by atoms with Crippen molar-refractivity contribution in [1.82, 2.24) is 4.90 Å². The molecule has 0 aromatic heterocycles. The molecular formula is C15H24N2O. The largest absolute Gasteiger partial charge is 0.387 e. The van der Waals surface area contributed by atoms with Crippen molar-refractivity contribution in [2.45, 2.75) is 31.9 Å². The van der Waals surface area contributed by atoms with Gasteiger partial charge in [0.15, 0.2) is 0 Å². The summed E-state index contributed by atoms with van der Waals surface area (Å²) in [5, 5.41) is 10.2. The van der Waals surface area contributed by atoms with Gasteiger partial charge in [-0.3, -0.25) is 0 Å². The Kier molecular flexibility index (Phi) is 4.75. The molecule has 0 heterocycles. The van der Waals surface area contributed by atoms with Crippen LogP contribution in [0.2, 0.25) is 0 Å². The molecule has 1 aromatic carbocycles. The first kappa shape index (κ1) is 13.5. The van der Waals surface area contributed by atoms with E-state index in [4.69, 9.17) is 5.73 Å². The van der Waals surface area contributed by atoms with E-state index in [1.807, 2.05) is 24.3 Å². The van der Waals surface area contributed by atoms with Crippen LogP contribution in [0.4, 0.5) is 0 Å². The van der Waals surface area contributed by atoms with E-state index in [9.17, 15) is 5.11 Å². The number of nitrogens with two attached hydrogens (primary N) is 1. The van der Waals surface area contributed by atoms with E-state index in [-0.39, 0.29) is 0 Å². The highest BCUT2D eigenvalue weighted by Gasteiger charge is 2.20. The molecule has 0 bridgehead atoms. The number of hydrogen-bond donors (Lipinski definition) is 2. The first-order valence-electron chi connectivity index (χ1n) is 6.84. The standard InChI is InChI=1S/C15H24N2O/c1-17(10-13-3-2-4-13)11-15(18)14-7-5-12(9-16)6-8-14/h5-8,13,15,18H,2-4,9-11,16H2,1H3. The summed E-state index contributed by atoms with van der Waals surface area (Å²) in [6, 6.07) is 7.93. The number of hydrogen-bond acceptors (Lipinski definition) is 3. The molecule has 3 nitrogen and oxygen atoms in total. The summed E-state index contributed by atoms with van der Waals surface area (Å²) >= 11 is 0. The molecule has 1 atom stereocenters. The first-order valence-corrected chi connectivity index (χ1v) is 6.84. The van der Waals surface area contributed by atoms with Crippen LogP contribution in [0.1, 0.15) is 36.5 Å². The highest BCUT2D eigenvalue weighted by Crippen LogP contribution is 2.27. The molecule has 1 unspecified atom stereocenters. The number of aliphatic hydroxyl groups excluding tert-OH is 1. The Hall–Kier alpha value is -0.900. The fourth-order valence-corrected chi connectivity index (χ4v) is 2.47. The fraction of sp³-hybridized carbons (Fsp3) is 0.600. The van der Waals surface area contributed by atoms with E-state index in [1.54, 1.807) is 0 Å². The molecule has 100 valence electrons. The maximum absolute atomic E-state index is 10.2. The Labute approximate surface area is 110 Å². The van der Waals surface area contributed by atoms with Crippen LogP contribution in [0.3, 0.4) is 0 Å². The second-order valence-corrected chi connectivity index (χ2v) is 5.48. The van der Waals surface area contributed by atoms with Crippen molar-refractivity contribution in [3.63, 3.8) is 0 Å². The van der Waals surface area contributed by atoms with Crippen LogP contribution in [0.5, 0.6) is 0 Å². The third-order valence-corrected chi connectivity index (χ3v) is 3.88. The van der Waals surface area contributed by atoms with Gasteiger partial charge in [0.1, 0.15) is 0 Å². The van der Waals surface area contributed by atoms with Gasteiger partial charge in [-0.25, -0.2) is 0 Å². The molecule has 0 aliphatic heterocycles. The molecule has 1 saturated carbocycles. The summed E-state index contributed by atoms with van der Waals surface area (Å²) in [5.74, 6) is 0.849. The van der Waals surface area contributed by atoms with Crippen LogP contribution in [0, 0.1) is 5.92 Å². The molecular weight excluding hydrogens is 224 g/mol. The van der Waals surface area contributed by atoms with Gasteiger partial charge in [0, 0.05) is 19.6 Å². The minimum Gasteiger partial charge on any atom is -0.387 e. The number of nitrogens with zero attached hydrogens (tertiary/aromatic N) is 1. The predicted molar refractivity (Wildman–Crippen MR) is 74.1 cm³/mol. The lowest BCUT2D eigenvalue weighted by atomic mass is 9.85. The topological polar surface area (TPSA) is 49.5 Å². The van der Waals surface area contributed by atoms with Gasteiger partial charge in [-0.1, -0.05) is 30.7 Å². The highest BCUT2D eigenvalue weighted by atomic mass is 16.3. The summed E-state index contributed by atoms with van der Waals surface area (Å²) in [5.41, 5.74) is 7.65. The molecule has 0 spiro atoms. The highest BCUT2D eigenvalue weighted by molar-refractivity contribution is 5.24. The third kappa shape index (κ3) is 3.55. The second-order valence-electron chi connectivity index (χ2n) is 5.48. The van der Waals surface area contributed by atoms with Gasteiger partial charge in [-0.15, -0.1) is 0 Å². The molecule has 0 radical (unpaired) electrons. The lowest BCUT2D eigenvalue weighted by molar-refractivity contribution is 0.107. The molecule has 0 amide bonds. The van der Waals surface area contributed by atoms with Gasteiger partial charge in [-0.2, -0.15) is 0 Å². The Morgan fingerprint density at radius 3 is 2.50 bits per heavy atom. The average Bonchev–Trinajstić information content (AvgIpc) is 2.34. The molecule has 1 aromatic rings. The smallest absolute Gasteiger partial charge is 0.0916 e. The third-order valence-electron chi connectivity index (χ3n) is 3.88. The molecule has 18 heavy (non-hydrogen) atoms. The molecule has 1 aliphatic rings.